The molecule has 12 heteroatoms. The van der Waals surface area contributed by atoms with Gasteiger partial charge in [0.25, 0.3) is 5.09 Å². The topological polar surface area (TPSA) is 152 Å². The predicted molar refractivity (Wildman–Crippen MR) is 119 cm³/mol. The number of rotatable bonds is 6. The maximum absolute atomic E-state index is 11.4. The largest absolute Gasteiger partial charge is 0.465 e. The van der Waals surface area contributed by atoms with Crippen molar-refractivity contribution < 1.29 is 29.4 Å². The van der Waals surface area contributed by atoms with E-state index in [1.165, 1.54) is 0 Å². The van der Waals surface area contributed by atoms with Gasteiger partial charge in [-0.1, -0.05) is 13.8 Å². The molecule has 2 saturated heterocycles. The van der Waals surface area contributed by atoms with Crippen molar-refractivity contribution in [1.82, 2.24) is 19.1 Å². The van der Waals surface area contributed by atoms with Gasteiger partial charge >= 0.3 is 11.9 Å². The van der Waals surface area contributed by atoms with Crippen LogP contribution in [0.25, 0.3) is 0 Å². The number of cyclic esters (lactones) is 2. The van der Waals surface area contributed by atoms with Crippen LogP contribution in [0.4, 0.5) is 0 Å². The summed E-state index contributed by atoms with van der Waals surface area (Å²) < 4.78 is 14.2. The van der Waals surface area contributed by atoms with Crippen LogP contribution in [0.5, 0.6) is 0 Å². The molecule has 0 amide bonds. The van der Waals surface area contributed by atoms with E-state index in [1.807, 2.05) is 49.5 Å². The highest BCUT2D eigenvalue weighted by Crippen LogP contribution is 2.28. The molecule has 34 heavy (non-hydrogen) atoms. The van der Waals surface area contributed by atoms with E-state index in [2.05, 4.69) is 9.97 Å². The van der Waals surface area contributed by atoms with E-state index in [4.69, 9.17) is 24.8 Å². The van der Waals surface area contributed by atoms with Crippen LogP contribution in [0.2, 0.25) is 0 Å². The zero-order valence-corrected chi connectivity index (χ0v) is 20.0. The highest BCUT2D eigenvalue weighted by atomic mass is 16.9. The van der Waals surface area contributed by atoms with Crippen molar-refractivity contribution in [3.8, 4) is 0 Å². The molecular formula is C22H33N5O7. The molecule has 0 radical (unpaired) electrons. The molecule has 2 aliphatic heterocycles. The molecule has 1 N–H and O–H groups in total. The van der Waals surface area contributed by atoms with Crippen molar-refractivity contribution >= 4 is 11.9 Å². The number of carbonyl (C=O) groups is 2. The lowest BCUT2D eigenvalue weighted by molar-refractivity contribution is -0.742. The molecular weight excluding hydrogens is 446 g/mol. The Labute approximate surface area is 198 Å². The third-order valence-electron chi connectivity index (χ3n) is 6.28. The van der Waals surface area contributed by atoms with E-state index in [9.17, 15) is 9.59 Å². The van der Waals surface area contributed by atoms with Gasteiger partial charge in [-0.05, 0) is 25.7 Å². The first-order valence-electron chi connectivity index (χ1n) is 11.2. The van der Waals surface area contributed by atoms with Crippen molar-refractivity contribution in [1.29, 1.82) is 0 Å². The summed E-state index contributed by atoms with van der Waals surface area (Å²) in [6, 6.07) is 0. The number of carbonyl (C=O) groups excluding carboxylic acids is 2. The van der Waals surface area contributed by atoms with Crippen molar-refractivity contribution in [2.24, 2.45) is 37.8 Å². The third kappa shape index (κ3) is 7.29. The normalized spacial score (nSPS) is 23.3. The van der Waals surface area contributed by atoms with E-state index >= 15 is 0 Å². The molecule has 2 aliphatic rings. The Morgan fingerprint density at radius 1 is 0.941 bits per heavy atom. The Balaban J connectivity index is 0.000000208. The summed E-state index contributed by atoms with van der Waals surface area (Å²) in [4.78, 5) is 39.3. The minimum atomic E-state index is -1.50. The van der Waals surface area contributed by atoms with E-state index in [-0.39, 0.29) is 23.8 Å². The van der Waals surface area contributed by atoms with Gasteiger partial charge in [-0.3, -0.25) is 9.59 Å². The van der Waals surface area contributed by atoms with Gasteiger partial charge in [0.15, 0.2) is 0 Å². The second-order valence-electron chi connectivity index (χ2n) is 8.45. The summed E-state index contributed by atoms with van der Waals surface area (Å²) in [7, 11) is 3.95. The molecule has 2 fully saturated rings. The molecule has 0 aromatic carbocycles. The van der Waals surface area contributed by atoms with Crippen LogP contribution < -0.4 is 0 Å². The lowest BCUT2D eigenvalue weighted by Crippen LogP contribution is -2.18. The van der Waals surface area contributed by atoms with Gasteiger partial charge in [0.05, 0.1) is 37.7 Å². The first-order valence-corrected chi connectivity index (χ1v) is 11.2. The molecule has 0 aliphatic carbocycles. The average molecular weight is 480 g/mol. The van der Waals surface area contributed by atoms with Crippen LogP contribution >= 0.6 is 0 Å². The second-order valence-corrected chi connectivity index (χ2v) is 8.45. The number of aryl methyl sites for hydroxylation is 2. The Kier molecular flexibility index (Phi) is 10.0. The first-order chi connectivity index (χ1) is 16.2. The predicted octanol–water partition coefficient (Wildman–Crippen LogP) is 1.98. The summed E-state index contributed by atoms with van der Waals surface area (Å²) in [6.07, 6.45) is 10.8. The Morgan fingerprint density at radius 2 is 1.29 bits per heavy atom. The van der Waals surface area contributed by atoms with Gasteiger partial charge in [0, 0.05) is 49.7 Å². The van der Waals surface area contributed by atoms with E-state index in [0.717, 1.165) is 37.1 Å². The van der Waals surface area contributed by atoms with Gasteiger partial charge < -0.3 is 23.8 Å². The van der Waals surface area contributed by atoms with Crippen molar-refractivity contribution in [3.05, 3.63) is 46.6 Å². The fourth-order valence-electron chi connectivity index (χ4n) is 4.31. The van der Waals surface area contributed by atoms with Crippen molar-refractivity contribution in [2.75, 3.05) is 13.2 Å². The quantitative estimate of drug-likeness (QED) is 0.372. The first kappa shape index (κ1) is 26.8. The zero-order valence-electron chi connectivity index (χ0n) is 20.0. The Bertz CT molecular complexity index is 883. The maximum Gasteiger partial charge on any atom is 0.309 e. The summed E-state index contributed by atoms with van der Waals surface area (Å²) in [6.45, 7) is 5.19. The standard InChI is InChI=1S/2C11H16N2O2.HNO3/c2*1-3-10-8(6-15-11(10)14)4-9-5-12-7-13(9)2;2-1(3)4/h2*5,7-8,10H,3-4,6H2,1-2H3;(H,2,3,4)/t2*8-,10-;/m00./s1. The molecule has 2 aromatic rings. The van der Waals surface area contributed by atoms with E-state index in [0.29, 0.717) is 25.0 Å². The summed E-state index contributed by atoms with van der Waals surface area (Å²) in [5, 5.41) is 13.6. The van der Waals surface area contributed by atoms with Crippen LogP contribution in [0.3, 0.4) is 0 Å². The fourth-order valence-corrected chi connectivity index (χ4v) is 4.31. The van der Waals surface area contributed by atoms with Gasteiger partial charge in [-0.2, -0.15) is 0 Å². The number of aromatic nitrogens is 4. The number of ether oxygens (including phenoxy) is 2. The van der Waals surface area contributed by atoms with E-state index in [1.54, 1.807) is 12.7 Å². The van der Waals surface area contributed by atoms with Crippen LogP contribution in [-0.4, -0.2) is 54.5 Å². The molecule has 4 rings (SSSR count). The minimum Gasteiger partial charge on any atom is -0.465 e. The number of imidazole rings is 2. The molecule has 0 unspecified atom stereocenters. The summed E-state index contributed by atoms with van der Waals surface area (Å²) >= 11 is 0. The SMILES string of the molecule is CC[C@@H]1C(=O)OC[C@@H]1Cc1cncn1C.CC[C@@H]1C(=O)OC[C@@H]1Cc1cncn1C.O=[N+]([O-])O. The molecule has 0 spiro atoms. The van der Waals surface area contributed by atoms with Crippen molar-refractivity contribution in [2.45, 2.75) is 39.5 Å². The minimum absolute atomic E-state index is 0.0373. The van der Waals surface area contributed by atoms with Gasteiger partial charge in [-0.15, -0.1) is 10.1 Å². The zero-order chi connectivity index (χ0) is 25.3. The molecule has 188 valence electrons. The van der Waals surface area contributed by atoms with Crippen LogP contribution in [-0.2, 0) is 46.0 Å². The number of nitrogens with zero attached hydrogens (tertiary/aromatic N) is 5. The fraction of sp³-hybridized carbons (Fsp3) is 0.636. The summed E-state index contributed by atoms with van der Waals surface area (Å²) in [5.74, 6) is 0.699. The summed E-state index contributed by atoms with van der Waals surface area (Å²) in [5.41, 5.74) is 2.33. The van der Waals surface area contributed by atoms with Gasteiger partial charge in [0.2, 0.25) is 0 Å². The van der Waals surface area contributed by atoms with Crippen molar-refractivity contribution in [3.63, 3.8) is 0 Å². The van der Waals surface area contributed by atoms with Crippen LogP contribution in [0, 0.1) is 33.8 Å². The Hall–Kier alpha value is -3.44. The maximum atomic E-state index is 11.4. The lowest BCUT2D eigenvalue weighted by atomic mass is 9.89. The molecule has 4 atom stereocenters. The monoisotopic (exact) mass is 479 g/mol. The Morgan fingerprint density at radius 3 is 1.56 bits per heavy atom. The third-order valence-corrected chi connectivity index (χ3v) is 6.28. The molecule has 2 aromatic heterocycles. The average Bonchev–Trinajstić information content (AvgIpc) is 3.54. The van der Waals surface area contributed by atoms with Gasteiger partial charge in [0.1, 0.15) is 0 Å². The second kappa shape index (κ2) is 12.7. The highest BCUT2D eigenvalue weighted by Gasteiger charge is 2.36. The molecule has 0 bridgehead atoms. The highest BCUT2D eigenvalue weighted by molar-refractivity contribution is 5.75. The smallest absolute Gasteiger partial charge is 0.309 e. The molecule has 4 heterocycles. The van der Waals surface area contributed by atoms with Gasteiger partial charge in [-0.25, -0.2) is 9.97 Å². The van der Waals surface area contributed by atoms with E-state index < -0.39 is 5.09 Å². The number of hydrogen-bond donors (Lipinski definition) is 1. The number of hydrogen-bond acceptors (Lipinski definition) is 8. The van der Waals surface area contributed by atoms with Crippen LogP contribution in [0.1, 0.15) is 38.1 Å². The molecule has 12 nitrogen and oxygen atoms in total. The molecule has 0 saturated carbocycles. The van der Waals surface area contributed by atoms with Crippen LogP contribution in [0.15, 0.2) is 25.0 Å². The lowest BCUT2D eigenvalue weighted by Gasteiger charge is -2.12. The number of esters is 2.